The second-order valence-electron chi connectivity index (χ2n) is 7.00. The van der Waals surface area contributed by atoms with Crippen molar-refractivity contribution in [1.82, 2.24) is 9.78 Å². The van der Waals surface area contributed by atoms with Crippen molar-refractivity contribution >= 4 is 29.0 Å². The van der Waals surface area contributed by atoms with E-state index in [0.717, 1.165) is 5.69 Å². The van der Waals surface area contributed by atoms with E-state index in [9.17, 15) is 24.5 Å². The number of carbonyl (C=O) groups excluding carboxylic acids is 3. The third kappa shape index (κ3) is 4.69. The molecule has 1 amide bonds. The van der Waals surface area contributed by atoms with Crippen LogP contribution in [0, 0.1) is 30.9 Å². The fraction of sp³-hybridized carbons (Fsp3) is 0.182. The molecule has 0 spiro atoms. The van der Waals surface area contributed by atoms with E-state index in [1.165, 1.54) is 18.2 Å². The number of aryl methyl sites for hydroxylation is 2. The molecule has 0 saturated heterocycles. The fourth-order valence-electron chi connectivity index (χ4n) is 3.18. The fourth-order valence-corrected chi connectivity index (χ4v) is 3.18. The van der Waals surface area contributed by atoms with Gasteiger partial charge in [0, 0.05) is 17.8 Å². The Morgan fingerprint density at radius 3 is 2.41 bits per heavy atom. The average Bonchev–Trinajstić information content (AvgIpc) is 3.07. The van der Waals surface area contributed by atoms with Crippen molar-refractivity contribution in [2.75, 3.05) is 11.9 Å². The Balaban J connectivity index is 1.65. The monoisotopic (exact) mass is 436 g/mol. The number of amides is 1. The number of esters is 1. The SMILES string of the molecule is Cc1cc([N+](=O)[O-])ccc1NC(=O)COC(=O)C(=O)c1c(C)nn(-c2ccccc2)c1C. The molecule has 10 nitrogen and oxygen atoms in total. The minimum atomic E-state index is -1.18. The normalized spacial score (nSPS) is 10.5. The smallest absolute Gasteiger partial charge is 0.380 e. The first kappa shape index (κ1) is 22.3. The van der Waals surface area contributed by atoms with Crippen LogP contribution in [0.1, 0.15) is 27.3 Å². The number of benzene rings is 2. The number of nitro benzene ring substituents is 1. The van der Waals surface area contributed by atoms with Crippen LogP contribution in [0.3, 0.4) is 0 Å². The second kappa shape index (κ2) is 9.21. The zero-order valence-electron chi connectivity index (χ0n) is 17.6. The largest absolute Gasteiger partial charge is 0.450 e. The molecule has 0 atom stereocenters. The van der Waals surface area contributed by atoms with E-state index in [1.54, 1.807) is 25.5 Å². The molecule has 3 aromatic rings. The van der Waals surface area contributed by atoms with Crippen molar-refractivity contribution in [1.29, 1.82) is 0 Å². The van der Waals surface area contributed by atoms with Crippen LogP contribution < -0.4 is 5.32 Å². The molecule has 1 heterocycles. The number of Topliss-reactive ketones (excluding diaryl/α,β-unsaturated/α-hetero) is 1. The lowest BCUT2D eigenvalue weighted by Crippen LogP contribution is -2.25. The third-order valence-electron chi connectivity index (χ3n) is 4.73. The highest BCUT2D eigenvalue weighted by atomic mass is 16.6. The Labute approximate surface area is 183 Å². The van der Waals surface area contributed by atoms with Gasteiger partial charge in [0.15, 0.2) is 6.61 Å². The Morgan fingerprint density at radius 1 is 1.09 bits per heavy atom. The number of nitrogens with zero attached hydrogens (tertiary/aromatic N) is 3. The highest BCUT2D eigenvalue weighted by Crippen LogP contribution is 2.21. The second-order valence-corrected chi connectivity index (χ2v) is 7.00. The number of rotatable bonds is 7. The predicted octanol–water partition coefficient (Wildman–Crippen LogP) is 3.07. The minimum absolute atomic E-state index is 0.112. The molecule has 0 aliphatic rings. The molecule has 0 unspecified atom stereocenters. The van der Waals surface area contributed by atoms with E-state index >= 15 is 0 Å². The molecule has 0 saturated carbocycles. The Hall–Kier alpha value is -4.34. The van der Waals surface area contributed by atoms with Crippen molar-refractivity contribution in [2.24, 2.45) is 0 Å². The number of nitrogens with one attached hydrogen (secondary N) is 1. The Bertz CT molecular complexity index is 1220. The van der Waals surface area contributed by atoms with Crippen LogP contribution in [0.25, 0.3) is 5.69 Å². The number of anilines is 1. The van der Waals surface area contributed by atoms with Gasteiger partial charge in [0.2, 0.25) is 0 Å². The molecule has 1 aromatic heterocycles. The molecule has 1 N–H and O–H groups in total. The molecule has 3 rings (SSSR count). The highest BCUT2D eigenvalue weighted by molar-refractivity contribution is 6.41. The maximum Gasteiger partial charge on any atom is 0.380 e. The minimum Gasteiger partial charge on any atom is -0.450 e. The van der Waals surface area contributed by atoms with Crippen molar-refractivity contribution < 1.29 is 24.0 Å². The highest BCUT2D eigenvalue weighted by Gasteiger charge is 2.27. The molecule has 10 heteroatoms. The van der Waals surface area contributed by atoms with Gasteiger partial charge in [-0.1, -0.05) is 18.2 Å². The zero-order valence-corrected chi connectivity index (χ0v) is 17.6. The van der Waals surface area contributed by atoms with Gasteiger partial charge in [-0.15, -0.1) is 0 Å². The van der Waals surface area contributed by atoms with Crippen LogP contribution in [-0.2, 0) is 14.3 Å². The van der Waals surface area contributed by atoms with E-state index in [0.29, 0.717) is 22.6 Å². The molecule has 0 radical (unpaired) electrons. The predicted molar refractivity (Wildman–Crippen MR) is 115 cm³/mol. The number of aromatic nitrogens is 2. The summed E-state index contributed by atoms with van der Waals surface area (Å²) in [6, 6.07) is 13.1. The standard InChI is InChI=1S/C22H20N4O6/c1-13-11-17(26(30)31)9-10-18(13)23-19(27)12-32-22(29)21(28)20-14(2)24-25(15(20)3)16-7-5-4-6-8-16/h4-11H,12H2,1-3H3,(H,23,27). The molecule has 0 fully saturated rings. The number of hydrogen-bond acceptors (Lipinski definition) is 7. The number of ketones is 1. The van der Waals surface area contributed by atoms with Crippen LogP contribution in [-0.4, -0.2) is 39.0 Å². The van der Waals surface area contributed by atoms with Crippen molar-refractivity contribution in [2.45, 2.75) is 20.8 Å². The number of carbonyl (C=O) groups is 3. The number of ether oxygens (including phenoxy) is 1. The van der Waals surface area contributed by atoms with Crippen molar-refractivity contribution in [3.63, 3.8) is 0 Å². The molecular weight excluding hydrogens is 416 g/mol. The summed E-state index contributed by atoms with van der Waals surface area (Å²) in [5, 5.41) is 17.6. The molecular formula is C22H20N4O6. The average molecular weight is 436 g/mol. The van der Waals surface area contributed by atoms with Gasteiger partial charge in [0.1, 0.15) is 0 Å². The first-order valence-electron chi connectivity index (χ1n) is 9.57. The summed E-state index contributed by atoms with van der Waals surface area (Å²) in [5.41, 5.74) is 2.37. The van der Waals surface area contributed by atoms with Gasteiger partial charge in [-0.3, -0.25) is 19.7 Å². The van der Waals surface area contributed by atoms with E-state index in [-0.39, 0.29) is 11.3 Å². The number of nitro groups is 1. The zero-order chi connectivity index (χ0) is 23.4. The summed E-state index contributed by atoms with van der Waals surface area (Å²) in [6.45, 7) is 4.18. The Kier molecular flexibility index (Phi) is 6.43. The van der Waals surface area contributed by atoms with E-state index in [1.807, 2.05) is 30.3 Å². The molecule has 32 heavy (non-hydrogen) atoms. The molecule has 2 aromatic carbocycles. The summed E-state index contributed by atoms with van der Waals surface area (Å²) in [6.07, 6.45) is 0. The van der Waals surface area contributed by atoms with Gasteiger partial charge in [0.25, 0.3) is 17.4 Å². The van der Waals surface area contributed by atoms with Gasteiger partial charge in [-0.2, -0.15) is 5.10 Å². The molecule has 0 bridgehead atoms. The van der Waals surface area contributed by atoms with E-state index in [4.69, 9.17) is 4.74 Å². The van der Waals surface area contributed by atoms with Gasteiger partial charge < -0.3 is 10.1 Å². The Morgan fingerprint density at radius 2 is 1.78 bits per heavy atom. The first-order chi connectivity index (χ1) is 15.2. The molecule has 164 valence electrons. The molecule has 0 aliphatic heterocycles. The lowest BCUT2D eigenvalue weighted by Gasteiger charge is -2.09. The lowest BCUT2D eigenvalue weighted by molar-refractivity contribution is -0.384. The molecule has 0 aliphatic carbocycles. The van der Waals surface area contributed by atoms with Crippen LogP contribution in [0.5, 0.6) is 0 Å². The maximum atomic E-state index is 12.6. The lowest BCUT2D eigenvalue weighted by atomic mass is 10.1. The maximum absolute atomic E-state index is 12.6. The van der Waals surface area contributed by atoms with E-state index < -0.39 is 29.2 Å². The van der Waals surface area contributed by atoms with Crippen LogP contribution in [0.2, 0.25) is 0 Å². The third-order valence-corrected chi connectivity index (χ3v) is 4.73. The van der Waals surface area contributed by atoms with E-state index in [2.05, 4.69) is 10.4 Å². The van der Waals surface area contributed by atoms with Gasteiger partial charge in [-0.25, -0.2) is 9.48 Å². The number of para-hydroxylation sites is 1. The number of non-ortho nitro benzene ring substituents is 1. The summed E-state index contributed by atoms with van der Waals surface area (Å²) in [4.78, 5) is 47.3. The quantitative estimate of drug-likeness (QED) is 0.198. The topological polar surface area (TPSA) is 133 Å². The number of hydrogen-bond donors (Lipinski definition) is 1. The summed E-state index contributed by atoms with van der Waals surface area (Å²) < 4.78 is 6.43. The van der Waals surface area contributed by atoms with Gasteiger partial charge >= 0.3 is 5.97 Å². The summed E-state index contributed by atoms with van der Waals surface area (Å²) in [5.74, 6) is -2.77. The summed E-state index contributed by atoms with van der Waals surface area (Å²) in [7, 11) is 0. The van der Waals surface area contributed by atoms with Crippen LogP contribution in [0.15, 0.2) is 48.5 Å². The van der Waals surface area contributed by atoms with Gasteiger partial charge in [-0.05, 0) is 44.5 Å². The van der Waals surface area contributed by atoms with Crippen molar-refractivity contribution in [3.8, 4) is 5.69 Å². The first-order valence-corrected chi connectivity index (χ1v) is 9.57. The van der Waals surface area contributed by atoms with Crippen LogP contribution >= 0.6 is 0 Å². The van der Waals surface area contributed by atoms with Crippen LogP contribution in [0.4, 0.5) is 11.4 Å². The van der Waals surface area contributed by atoms with Gasteiger partial charge in [0.05, 0.1) is 27.6 Å². The van der Waals surface area contributed by atoms with Crippen molar-refractivity contribution in [3.05, 3.63) is 81.2 Å². The summed E-state index contributed by atoms with van der Waals surface area (Å²) >= 11 is 0.